The third-order valence-electron chi connectivity index (χ3n) is 5.27. The Balaban J connectivity index is 1.55. The number of rotatable bonds is 3. The molecule has 2 aliphatic rings. The Morgan fingerprint density at radius 1 is 1.22 bits per heavy atom. The lowest BCUT2D eigenvalue weighted by atomic mass is 9.95. The standard InChI is InChI=1S/C17H27N5O/c1-13-11-22(12-15(13)20(2)3)17(23)14-4-8-21(9-5-14)16-10-18-6-7-19-16/h6-7,10,13-15H,4-5,8-9,11-12H2,1-3H3/t13-,15+/m0/s1. The molecule has 3 heterocycles. The quantitative estimate of drug-likeness (QED) is 0.836. The number of piperidine rings is 1. The summed E-state index contributed by atoms with van der Waals surface area (Å²) in [6.45, 7) is 5.78. The van der Waals surface area contributed by atoms with Gasteiger partial charge in [0.15, 0.2) is 0 Å². The van der Waals surface area contributed by atoms with Crippen molar-refractivity contribution in [3.05, 3.63) is 18.6 Å². The van der Waals surface area contributed by atoms with E-state index in [1.165, 1.54) is 0 Å². The minimum atomic E-state index is 0.163. The first-order chi connectivity index (χ1) is 11.1. The monoisotopic (exact) mass is 317 g/mol. The molecule has 23 heavy (non-hydrogen) atoms. The van der Waals surface area contributed by atoms with Crippen LogP contribution in [0, 0.1) is 11.8 Å². The van der Waals surface area contributed by atoms with Gasteiger partial charge in [0, 0.05) is 50.5 Å². The summed E-state index contributed by atoms with van der Waals surface area (Å²) in [5, 5.41) is 0. The van der Waals surface area contributed by atoms with Crippen molar-refractivity contribution < 1.29 is 4.79 Å². The van der Waals surface area contributed by atoms with Gasteiger partial charge in [0.05, 0.1) is 6.20 Å². The van der Waals surface area contributed by atoms with E-state index >= 15 is 0 Å². The molecule has 2 aliphatic heterocycles. The van der Waals surface area contributed by atoms with E-state index in [1.54, 1.807) is 18.6 Å². The molecule has 1 aromatic heterocycles. The lowest BCUT2D eigenvalue weighted by Gasteiger charge is -2.33. The molecule has 126 valence electrons. The van der Waals surface area contributed by atoms with E-state index in [-0.39, 0.29) is 5.92 Å². The van der Waals surface area contributed by atoms with Gasteiger partial charge < -0.3 is 14.7 Å². The maximum Gasteiger partial charge on any atom is 0.225 e. The molecule has 6 nitrogen and oxygen atoms in total. The van der Waals surface area contributed by atoms with Crippen LogP contribution in [0.25, 0.3) is 0 Å². The van der Waals surface area contributed by atoms with Gasteiger partial charge in [-0.25, -0.2) is 4.98 Å². The lowest BCUT2D eigenvalue weighted by molar-refractivity contribution is -0.135. The zero-order valence-electron chi connectivity index (χ0n) is 14.4. The van der Waals surface area contributed by atoms with Crippen molar-refractivity contribution in [2.24, 2.45) is 11.8 Å². The molecule has 0 bridgehead atoms. The summed E-state index contributed by atoms with van der Waals surface area (Å²) in [6, 6.07) is 0.485. The van der Waals surface area contributed by atoms with Gasteiger partial charge in [-0.1, -0.05) is 6.92 Å². The van der Waals surface area contributed by atoms with Crippen molar-refractivity contribution in [1.29, 1.82) is 0 Å². The number of aromatic nitrogens is 2. The summed E-state index contributed by atoms with van der Waals surface area (Å²) in [6.07, 6.45) is 7.03. The van der Waals surface area contributed by atoms with Gasteiger partial charge >= 0.3 is 0 Å². The van der Waals surface area contributed by atoms with Gasteiger partial charge in [-0.3, -0.25) is 9.78 Å². The first kappa shape index (κ1) is 16.2. The molecule has 6 heteroatoms. The van der Waals surface area contributed by atoms with Gasteiger partial charge in [0.2, 0.25) is 5.91 Å². The molecule has 0 spiro atoms. The SMILES string of the molecule is C[C@H]1CN(C(=O)C2CCN(c3cnccn3)CC2)C[C@H]1N(C)C. The van der Waals surface area contributed by atoms with E-state index in [0.717, 1.165) is 44.8 Å². The number of likely N-dealkylation sites (N-methyl/N-ethyl adjacent to an activating group) is 1. The molecular weight excluding hydrogens is 290 g/mol. The summed E-state index contributed by atoms with van der Waals surface area (Å²) < 4.78 is 0. The fraction of sp³-hybridized carbons (Fsp3) is 0.706. The highest BCUT2D eigenvalue weighted by atomic mass is 16.2. The molecule has 1 aromatic rings. The van der Waals surface area contributed by atoms with E-state index < -0.39 is 0 Å². The van der Waals surface area contributed by atoms with Crippen molar-refractivity contribution in [3.8, 4) is 0 Å². The highest BCUT2D eigenvalue weighted by molar-refractivity contribution is 5.79. The highest BCUT2D eigenvalue weighted by Gasteiger charge is 2.37. The minimum absolute atomic E-state index is 0.163. The fourth-order valence-electron chi connectivity index (χ4n) is 3.87. The molecule has 0 aliphatic carbocycles. The van der Waals surface area contributed by atoms with Crippen molar-refractivity contribution in [3.63, 3.8) is 0 Å². The maximum absolute atomic E-state index is 12.8. The Hall–Kier alpha value is -1.69. The zero-order valence-corrected chi connectivity index (χ0v) is 14.4. The topological polar surface area (TPSA) is 52.6 Å². The Kier molecular flexibility index (Phi) is 4.80. The molecule has 2 saturated heterocycles. The van der Waals surface area contributed by atoms with Gasteiger partial charge in [0.1, 0.15) is 5.82 Å². The van der Waals surface area contributed by atoms with E-state index in [0.29, 0.717) is 17.9 Å². The van der Waals surface area contributed by atoms with Gasteiger partial charge in [0.25, 0.3) is 0 Å². The molecule has 0 saturated carbocycles. The van der Waals surface area contributed by atoms with E-state index in [2.05, 4.69) is 45.7 Å². The second kappa shape index (κ2) is 6.83. The molecule has 2 atom stereocenters. The van der Waals surface area contributed by atoms with Crippen LogP contribution in [-0.4, -0.2) is 72.0 Å². The summed E-state index contributed by atoms with van der Waals surface area (Å²) in [7, 11) is 4.21. The number of anilines is 1. The summed E-state index contributed by atoms with van der Waals surface area (Å²) in [5.74, 6) is 1.98. The van der Waals surface area contributed by atoms with Crippen LogP contribution in [0.4, 0.5) is 5.82 Å². The predicted octanol–water partition coefficient (Wildman–Crippen LogP) is 1.10. The number of amides is 1. The molecular formula is C17H27N5O. The van der Waals surface area contributed by atoms with Crippen molar-refractivity contribution in [1.82, 2.24) is 19.8 Å². The van der Waals surface area contributed by atoms with Crippen LogP contribution in [0.2, 0.25) is 0 Å². The van der Waals surface area contributed by atoms with Crippen molar-refractivity contribution in [2.75, 3.05) is 45.2 Å². The van der Waals surface area contributed by atoms with Crippen molar-refractivity contribution in [2.45, 2.75) is 25.8 Å². The highest BCUT2D eigenvalue weighted by Crippen LogP contribution is 2.27. The largest absolute Gasteiger partial charge is 0.355 e. The molecule has 0 N–H and O–H groups in total. The normalized spacial score (nSPS) is 26.1. The maximum atomic E-state index is 12.8. The first-order valence-electron chi connectivity index (χ1n) is 8.52. The number of carbonyl (C=O) groups excluding carboxylic acids is 1. The van der Waals surface area contributed by atoms with Crippen LogP contribution >= 0.6 is 0 Å². The minimum Gasteiger partial charge on any atom is -0.355 e. The summed E-state index contributed by atoms with van der Waals surface area (Å²) in [5.41, 5.74) is 0. The van der Waals surface area contributed by atoms with Crippen LogP contribution in [-0.2, 0) is 4.79 Å². The second-order valence-electron chi connectivity index (χ2n) is 7.08. The Labute approximate surface area is 138 Å². The van der Waals surface area contributed by atoms with Gasteiger partial charge in [-0.05, 0) is 32.9 Å². The Morgan fingerprint density at radius 2 is 1.96 bits per heavy atom. The molecule has 1 amide bonds. The third-order valence-corrected chi connectivity index (χ3v) is 5.27. The smallest absolute Gasteiger partial charge is 0.225 e. The predicted molar refractivity (Wildman–Crippen MR) is 90.2 cm³/mol. The Morgan fingerprint density at radius 3 is 2.52 bits per heavy atom. The zero-order chi connectivity index (χ0) is 16.4. The second-order valence-corrected chi connectivity index (χ2v) is 7.08. The number of likely N-dealkylation sites (tertiary alicyclic amines) is 1. The summed E-state index contributed by atoms with van der Waals surface area (Å²) >= 11 is 0. The van der Waals surface area contributed by atoms with Crippen LogP contribution in [0.1, 0.15) is 19.8 Å². The molecule has 0 unspecified atom stereocenters. The van der Waals surface area contributed by atoms with Crippen LogP contribution in [0.15, 0.2) is 18.6 Å². The van der Waals surface area contributed by atoms with Crippen molar-refractivity contribution >= 4 is 11.7 Å². The number of carbonyl (C=O) groups is 1. The van der Waals surface area contributed by atoms with Crippen LogP contribution in [0.3, 0.4) is 0 Å². The molecule has 3 rings (SSSR count). The lowest BCUT2D eigenvalue weighted by Crippen LogP contribution is -2.43. The Bertz CT molecular complexity index is 527. The van der Waals surface area contributed by atoms with E-state index in [1.807, 2.05) is 0 Å². The molecule has 2 fully saturated rings. The third kappa shape index (κ3) is 3.47. The van der Waals surface area contributed by atoms with Crippen LogP contribution < -0.4 is 4.90 Å². The molecule has 0 radical (unpaired) electrons. The number of nitrogens with zero attached hydrogens (tertiary/aromatic N) is 5. The van der Waals surface area contributed by atoms with Gasteiger partial charge in [-0.15, -0.1) is 0 Å². The van der Waals surface area contributed by atoms with E-state index in [9.17, 15) is 4.79 Å². The number of hydrogen-bond donors (Lipinski definition) is 0. The van der Waals surface area contributed by atoms with Crippen LogP contribution in [0.5, 0.6) is 0 Å². The summed E-state index contributed by atoms with van der Waals surface area (Å²) in [4.78, 5) is 27.9. The molecule has 0 aromatic carbocycles. The van der Waals surface area contributed by atoms with Gasteiger partial charge in [-0.2, -0.15) is 0 Å². The average Bonchev–Trinajstić information content (AvgIpc) is 2.97. The van der Waals surface area contributed by atoms with E-state index in [4.69, 9.17) is 0 Å². The first-order valence-corrected chi connectivity index (χ1v) is 8.52. The fourth-order valence-corrected chi connectivity index (χ4v) is 3.87. The number of hydrogen-bond acceptors (Lipinski definition) is 5. The average molecular weight is 317 g/mol.